The molecule has 6 nitrogen and oxygen atoms in total. The summed E-state index contributed by atoms with van der Waals surface area (Å²) in [6.07, 6.45) is 0.542. The Labute approximate surface area is 134 Å². The van der Waals surface area contributed by atoms with E-state index in [9.17, 15) is 4.39 Å². The summed E-state index contributed by atoms with van der Waals surface area (Å²) in [4.78, 5) is 10.7. The minimum Gasteiger partial charge on any atom is -0.383 e. The third-order valence-corrected chi connectivity index (χ3v) is 4.00. The quantitative estimate of drug-likeness (QED) is 0.787. The van der Waals surface area contributed by atoms with Crippen LogP contribution in [-0.2, 0) is 6.42 Å². The molecular weight excluding hydrogens is 295 g/mol. The highest BCUT2D eigenvalue weighted by atomic mass is 19.1. The molecule has 0 unspecified atom stereocenters. The minimum atomic E-state index is -0.258. The minimum absolute atomic E-state index is 0.173. The Morgan fingerprint density at radius 3 is 2.70 bits per heavy atom. The number of anilines is 3. The number of benzene rings is 1. The number of halogens is 1. The van der Waals surface area contributed by atoms with E-state index in [1.807, 2.05) is 0 Å². The van der Waals surface area contributed by atoms with Crippen LogP contribution in [0.5, 0.6) is 0 Å². The molecule has 1 aromatic carbocycles. The smallest absolute Gasteiger partial charge is 0.223 e. The van der Waals surface area contributed by atoms with Gasteiger partial charge in [-0.15, -0.1) is 0 Å². The van der Waals surface area contributed by atoms with Gasteiger partial charge in [-0.3, -0.25) is 0 Å². The zero-order chi connectivity index (χ0) is 16.4. The molecule has 23 heavy (non-hydrogen) atoms. The molecule has 2 heterocycles. The molecule has 0 radical (unpaired) electrons. The van der Waals surface area contributed by atoms with Crippen LogP contribution in [0, 0.1) is 5.82 Å². The maximum Gasteiger partial charge on any atom is 0.223 e. The third kappa shape index (κ3) is 3.50. The summed E-state index contributed by atoms with van der Waals surface area (Å²) in [5.41, 5.74) is 13.7. The number of nitrogen functional groups attached to an aromatic ring is 2. The van der Waals surface area contributed by atoms with Crippen molar-refractivity contribution in [2.75, 3.05) is 36.0 Å². The molecule has 0 spiro atoms. The molecule has 3 rings (SSSR count). The SMILES string of the molecule is C[C@H]1CN(c2nc(N)nc(N)c2Cc2ccc(F)cc2)CCN1. The number of aromatic nitrogens is 2. The van der Waals surface area contributed by atoms with Crippen molar-refractivity contribution in [2.24, 2.45) is 0 Å². The number of hydrogen-bond acceptors (Lipinski definition) is 6. The Morgan fingerprint density at radius 2 is 2.00 bits per heavy atom. The Morgan fingerprint density at radius 1 is 1.26 bits per heavy atom. The fraction of sp³-hybridized carbons (Fsp3) is 0.375. The van der Waals surface area contributed by atoms with Gasteiger partial charge in [-0.2, -0.15) is 9.97 Å². The molecule has 1 aliphatic rings. The normalized spacial score (nSPS) is 18.2. The molecule has 1 saturated heterocycles. The van der Waals surface area contributed by atoms with Crippen LogP contribution in [0.25, 0.3) is 0 Å². The first-order chi connectivity index (χ1) is 11.0. The van der Waals surface area contributed by atoms with Crippen molar-refractivity contribution in [3.63, 3.8) is 0 Å². The second-order valence-electron chi connectivity index (χ2n) is 5.87. The summed E-state index contributed by atoms with van der Waals surface area (Å²) >= 11 is 0. The van der Waals surface area contributed by atoms with Crippen molar-refractivity contribution < 1.29 is 4.39 Å². The number of nitrogens with zero attached hydrogens (tertiary/aromatic N) is 3. The molecule has 1 aliphatic heterocycles. The predicted molar refractivity (Wildman–Crippen MR) is 89.7 cm³/mol. The lowest BCUT2D eigenvalue weighted by molar-refractivity contribution is 0.481. The molecule has 1 atom stereocenters. The van der Waals surface area contributed by atoms with Crippen LogP contribution in [0.15, 0.2) is 24.3 Å². The summed E-state index contributed by atoms with van der Waals surface area (Å²) in [7, 11) is 0. The predicted octanol–water partition coefficient (Wildman–Crippen LogP) is 1.17. The first-order valence-corrected chi connectivity index (χ1v) is 7.67. The van der Waals surface area contributed by atoms with Gasteiger partial charge >= 0.3 is 0 Å². The van der Waals surface area contributed by atoms with Crippen LogP contribution >= 0.6 is 0 Å². The van der Waals surface area contributed by atoms with E-state index in [1.54, 1.807) is 12.1 Å². The second kappa shape index (κ2) is 6.37. The van der Waals surface area contributed by atoms with Crippen LogP contribution in [0.3, 0.4) is 0 Å². The van der Waals surface area contributed by atoms with Gasteiger partial charge in [-0.1, -0.05) is 12.1 Å². The lowest BCUT2D eigenvalue weighted by atomic mass is 10.0. The average molecular weight is 316 g/mol. The van der Waals surface area contributed by atoms with E-state index in [4.69, 9.17) is 11.5 Å². The lowest BCUT2D eigenvalue weighted by Crippen LogP contribution is -2.50. The molecule has 0 saturated carbocycles. The monoisotopic (exact) mass is 316 g/mol. The van der Waals surface area contributed by atoms with Gasteiger partial charge < -0.3 is 21.7 Å². The Bertz CT molecular complexity index is 688. The molecular formula is C16H21FN6. The van der Waals surface area contributed by atoms with E-state index in [0.29, 0.717) is 18.3 Å². The van der Waals surface area contributed by atoms with Crippen LogP contribution in [0.1, 0.15) is 18.1 Å². The number of piperazine rings is 1. The number of rotatable bonds is 3. The third-order valence-electron chi connectivity index (χ3n) is 4.00. The van der Waals surface area contributed by atoms with Gasteiger partial charge in [0.2, 0.25) is 5.95 Å². The Kier molecular flexibility index (Phi) is 4.29. The lowest BCUT2D eigenvalue weighted by Gasteiger charge is -2.34. The van der Waals surface area contributed by atoms with Crippen molar-refractivity contribution in [1.29, 1.82) is 0 Å². The molecule has 0 amide bonds. The summed E-state index contributed by atoms with van der Waals surface area (Å²) in [6, 6.07) is 6.73. The maximum atomic E-state index is 13.1. The van der Waals surface area contributed by atoms with Crippen molar-refractivity contribution in [1.82, 2.24) is 15.3 Å². The zero-order valence-corrected chi connectivity index (χ0v) is 13.1. The number of nitrogens with one attached hydrogen (secondary N) is 1. The molecule has 0 bridgehead atoms. The van der Waals surface area contributed by atoms with Gasteiger partial charge in [0.25, 0.3) is 0 Å². The summed E-state index contributed by atoms with van der Waals surface area (Å²) in [5, 5.41) is 3.40. The summed E-state index contributed by atoms with van der Waals surface area (Å²) in [6.45, 7) is 4.66. The highest BCUT2D eigenvalue weighted by molar-refractivity contribution is 5.61. The van der Waals surface area contributed by atoms with E-state index in [-0.39, 0.29) is 11.8 Å². The highest BCUT2D eigenvalue weighted by Crippen LogP contribution is 2.27. The first kappa shape index (κ1) is 15.5. The van der Waals surface area contributed by atoms with E-state index in [1.165, 1.54) is 12.1 Å². The topological polar surface area (TPSA) is 93.1 Å². The first-order valence-electron chi connectivity index (χ1n) is 7.67. The Hall–Kier alpha value is -2.41. The molecule has 2 aromatic rings. The molecule has 1 aromatic heterocycles. The van der Waals surface area contributed by atoms with Crippen molar-refractivity contribution in [3.05, 3.63) is 41.2 Å². The van der Waals surface area contributed by atoms with Gasteiger partial charge in [0, 0.05) is 37.7 Å². The largest absolute Gasteiger partial charge is 0.383 e. The fourth-order valence-corrected chi connectivity index (χ4v) is 2.87. The Balaban J connectivity index is 1.96. The maximum absolute atomic E-state index is 13.1. The molecule has 1 fully saturated rings. The standard InChI is InChI=1S/C16H21FN6/c1-10-9-23(7-6-20-10)15-13(14(18)21-16(19)22-15)8-11-2-4-12(17)5-3-11/h2-5,10,20H,6-9H2,1H3,(H4,18,19,21,22)/t10-/m0/s1. The average Bonchev–Trinajstić information content (AvgIpc) is 2.51. The van der Waals surface area contributed by atoms with Crippen LogP contribution in [-0.4, -0.2) is 35.6 Å². The van der Waals surface area contributed by atoms with E-state index in [0.717, 1.165) is 36.6 Å². The summed E-state index contributed by atoms with van der Waals surface area (Å²) in [5.74, 6) is 1.06. The van der Waals surface area contributed by atoms with E-state index < -0.39 is 0 Å². The van der Waals surface area contributed by atoms with Crippen molar-refractivity contribution in [3.8, 4) is 0 Å². The van der Waals surface area contributed by atoms with Crippen LogP contribution < -0.4 is 21.7 Å². The van der Waals surface area contributed by atoms with Gasteiger partial charge in [0.05, 0.1) is 0 Å². The molecule has 122 valence electrons. The van der Waals surface area contributed by atoms with Gasteiger partial charge in [0.15, 0.2) is 0 Å². The van der Waals surface area contributed by atoms with Gasteiger partial charge in [0.1, 0.15) is 17.5 Å². The van der Waals surface area contributed by atoms with Crippen molar-refractivity contribution in [2.45, 2.75) is 19.4 Å². The van der Waals surface area contributed by atoms with Crippen molar-refractivity contribution >= 4 is 17.6 Å². The zero-order valence-electron chi connectivity index (χ0n) is 13.1. The van der Waals surface area contributed by atoms with Gasteiger partial charge in [-0.25, -0.2) is 4.39 Å². The summed E-state index contributed by atoms with van der Waals surface area (Å²) < 4.78 is 13.1. The highest BCUT2D eigenvalue weighted by Gasteiger charge is 2.22. The number of nitrogens with two attached hydrogens (primary N) is 2. The molecule has 5 N–H and O–H groups in total. The van der Waals surface area contributed by atoms with Crippen LogP contribution in [0.2, 0.25) is 0 Å². The molecule has 7 heteroatoms. The molecule has 0 aliphatic carbocycles. The van der Waals surface area contributed by atoms with Crippen LogP contribution in [0.4, 0.5) is 22.0 Å². The fourth-order valence-electron chi connectivity index (χ4n) is 2.87. The number of hydrogen-bond donors (Lipinski definition) is 3. The van der Waals surface area contributed by atoms with E-state index >= 15 is 0 Å². The second-order valence-corrected chi connectivity index (χ2v) is 5.87. The van der Waals surface area contributed by atoms with Gasteiger partial charge in [-0.05, 0) is 24.6 Å². The van der Waals surface area contributed by atoms with E-state index in [2.05, 4.69) is 27.1 Å².